The molecule has 0 aromatic carbocycles. The van der Waals surface area contributed by atoms with Crippen LogP contribution in [0, 0.1) is 0 Å². The van der Waals surface area contributed by atoms with Crippen molar-refractivity contribution in [2.24, 2.45) is 0 Å². The molecule has 2 saturated heterocycles. The van der Waals surface area contributed by atoms with Gasteiger partial charge in [0.25, 0.3) is 0 Å². The minimum Gasteiger partial charge on any atom is -0.312 e. The van der Waals surface area contributed by atoms with E-state index in [9.17, 15) is 0 Å². The maximum absolute atomic E-state index is 3.76. The number of hydrogen-bond donors (Lipinski definition) is 1. The van der Waals surface area contributed by atoms with Crippen molar-refractivity contribution in [1.29, 1.82) is 0 Å². The summed E-state index contributed by atoms with van der Waals surface area (Å²) in [6.07, 6.45) is 5.38. The Morgan fingerprint density at radius 2 is 2.38 bits per heavy atom. The summed E-state index contributed by atoms with van der Waals surface area (Å²) < 4.78 is 0. The predicted octanol–water partition coefficient (Wildman–Crippen LogP) is 2.12. The summed E-state index contributed by atoms with van der Waals surface area (Å²) in [6.45, 7) is 3.81. The summed E-state index contributed by atoms with van der Waals surface area (Å²) in [6, 6.07) is 6.00. The number of rotatable bonds is 4. The van der Waals surface area contributed by atoms with Gasteiger partial charge in [0.05, 0.1) is 0 Å². The van der Waals surface area contributed by atoms with Crippen LogP contribution in [-0.2, 0) is 6.42 Å². The quantitative estimate of drug-likeness (QED) is 0.861. The Balaban J connectivity index is 1.45. The first-order valence-corrected chi connectivity index (χ1v) is 7.31. The van der Waals surface area contributed by atoms with Crippen molar-refractivity contribution in [3.05, 3.63) is 22.4 Å². The van der Waals surface area contributed by atoms with Gasteiger partial charge in [0.2, 0.25) is 0 Å². The lowest BCUT2D eigenvalue weighted by atomic mass is 10.1. The molecule has 0 bridgehead atoms. The molecule has 2 nitrogen and oxygen atoms in total. The Hall–Kier alpha value is -0.380. The van der Waals surface area contributed by atoms with E-state index in [2.05, 4.69) is 27.7 Å². The molecule has 0 spiro atoms. The number of fused-ring (bicyclic) bond motifs is 1. The van der Waals surface area contributed by atoms with E-state index < -0.39 is 0 Å². The Morgan fingerprint density at radius 3 is 3.25 bits per heavy atom. The molecule has 16 heavy (non-hydrogen) atoms. The van der Waals surface area contributed by atoms with Gasteiger partial charge in [-0.05, 0) is 43.7 Å². The lowest BCUT2D eigenvalue weighted by molar-refractivity contribution is 0.299. The lowest BCUT2D eigenvalue weighted by Gasteiger charge is -2.21. The van der Waals surface area contributed by atoms with Crippen LogP contribution in [0.3, 0.4) is 0 Å². The van der Waals surface area contributed by atoms with E-state index in [4.69, 9.17) is 0 Å². The highest BCUT2D eigenvalue weighted by Gasteiger charge is 2.36. The molecular weight excluding hydrogens is 216 g/mol. The molecule has 2 aliphatic rings. The van der Waals surface area contributed by atoms with Crippen molar-refractivity contribution in [1.82, 2.24) is 10.2 Å². The van der Waals surface area contributed by atoms with Crippen molar-refractivity contribution < 1.29 is 0 Å². The molecule has 3 rings (SSSR count). The SMILES string of the molecule is c1csc(CCNC2CCN3CCCC23)c1. The number of nitrogens with zero attached hydrogens (tertiary/aromatic N) is 1. The minimum absolute atomic E-state index is 0.766. The molecule has 2 fully saturated rings. The topological polar surface area (TPSA) is 15.3 Å². The summed E-state index contributed by atoms with van der Waals surface area (Å²) in [7, 11) is 0. The molecule has 0 radical (unpaired) electrons. The summed E-state index contributed by atoms with van der Waals surface area (Å²) in [5, 5.41) is 5.93. The normalized spacial score (nSPS) is 29.8. The Labute approximate surface area is 102 Å². The van der Waals surface area contributed by atoms with Crippen LogP contribution in [0.2, 0.25) is 0 Å². The molecule has 2 unspecified atom stereocenters. The average Bonchev–Trinajstić information content (AvgIpc) is 2.95. The zero-order chi connectivity index (χ0) is 10.8. The molecule has 0 saturated carbocycles. The van der Waals surface area contributed by atoms with Gasteiger partial charge >= 0.3 is 0 Å². The zero-order valence-corrected chi connectivity index (χ0v) is 10.5. The molecule has 3 heterocycles. The molecule has 2 aliphatic heterocycles. The third kappa shape index (κ3) is 2.17. The van der Waals surface area contributed by atoms with Crippen LogP contribution < -0.4 is 5.32 Å². The summed E-state index contributed by atoms with van der Waals surface area (Å²) >= 11 is 1.87. The molecule has 88 valence electrons. The second-order valence-corrected chi connectivity index (χ2v) is 5.96. The first-order valence-electron chi connectivity index (χ1n) is 6.43. The number of nitrogens with one attached hydrogen (secondary N) is 1. The molecule has 1 N–H and O–H groups in total. The van der Waals surface area contributed by atoms with Gasteiger partial charge < -0.3 is 5.32 Å². The van der Waals surface area contributed by atoms with Crippen molar-refractivity contribution in [2.75, 3.05) is 19.6 Å². The van der Waals surface area contributed by atoms with Crippen molar-refractivity contribution in [3.8, 4) is 0 Å². The van der Waals surface area contributed by atoms with Crippen LogP contribution in [-0.4, -0.2) is 36.6 Å². The fraction of sp³-hybridized carbons (Fsp3) is 0.692. The van der Waals surface area contributed by atoms with Gasteiger partial charge in [0.1, 0.15) is 0 Å². The largest absolute Gasteiger partial charge is 0.312 e. The van der Waals surface area contributed by atoms with Gasteiger partial charge in [-0.2, -0.15) is 0 Å². The van der Waals surface area contributed by atoms with Crippen LogP contribution in [0.15, 0.2) is 17.5 Å². The Bertz CT molecular complexity index is 323. The zero-order valence-electron chi connectivity index (χ0n) is 9.69. The van der Waals surface area contributed by atoms with E-state index in [1.807, 2.05) is 11.3 Å². The highest BCUT2D eigenvalue weighted by atomic mass is 32.1. The van der Waals surface area contributed by atoms with Crippen molar-refractivity contribution >= 4 is 11.3 Å². The fourth-order valence-corrected chi connectivity index (χ4v) is 3.87. The first-order chi connectivity index (χ1) is 7.93. The van der Waals surface area contributed by atoms with E-state index >= 15 is 0 Å². The lowest BCUT2D eigenvalue weighted by Crippen LogP contribution is -2.39. The van der Waals surface area contributed by atoms with Crippen LogP contribution in [0.25, 0.3) is 0 Å². The first kappa shape index (κ1) is 10.8. The Kier molecular flexibility index (Phi) is 3.27. The molecule has 1 aromatic rings. The predicted molar refractivity (Wildman–Crippen MR) is 69.0 cm³/mol. The highest BCUT2D eigenvalue weighted by Crippen LogP contribution is 2.27. The minimum atomic E-state index is 0.766. The Morgan fingerprint density at radius 1 is 1.38 bits per heavy atom. The summed E-state index contributed by atoms with van der Waals surface area (Å²) in [5.41, 5.74) is 0. The molecular formula is C13H20N2S. The van der Waals surface area contributed by atoms with Crippen LogP contribution >= 0.6 is 11.3 Å². The molecule has 0 amide bonds. The van der Waals surface area contributed by atoms with E-state index in [1.54, 1.807) is 0 Å². The summed E-state index contributed by atoms with van der Waals surface area (Å²) in [5.74, 6) is 0. The summed E-state index contributed by atoms with van der Waals surface area (Å²) in [4.78, 5) is 4.18. The maximum Gasteiger partial charge on any atom is 0.0250 e. The standard InChI is InChI=1S/C13H20N2S/c1-4-13-12(6-9-15(13)8-1)14-7-5-11-3-2-10-16-11/h2-3,10,12-14H,1,4-9H2. The van der Waals surface area contributed by atoms with Gasteiger partial charge in [-0.1, -0.05) is 6.07 Å². The van der Waals surface area contributed by atoms with Gasteiger partial charge in [0, 0.05) is 30.1 Å². The smallest absolute Gasteiger partial charge is 0.0250 e. The molecule has 3 heteroatoms. The van der Waals surface area contributed by atoms with Crippen LogP contribution in [0.5, 0.6) is 0 Å². The van der Waals surface area contributed by atoms with Gasteiger partial charge in [0.15, 0.2) is 0 Å². The van der Waals surface area contributed by atoms with Crippen molar-refractivity contribution in [3.63, 3.8) is 0 Å². The highest BCUT2D eigenvalue weighted by molar-refractivity contribution is 7.09. The van der Waals surface area contributed by atoms with Gasteiger partial charge in [-0.3, -0.25) is 4.90 Å². The third-order valence-corrected chi connectivity index (χ3v) is 4.90. The monoisotopic (exact) mass is 236 g/mol. The second-order valence-electron chi connectivity index (χ2n) is 4.92. The molecule has 2 atom stereocenters. The van der Waals surface area contributed by atoms with E-state index in [0.29, 0.717) is 0 Å². The number of hydrogen-bond acceptors (Lipinski definition) is 3. The average molecular weight is 236 g/mol. The number of thiophene rings is 1. The maximum atomic E-state index is 3.76. The fourth-order valence-electron chi connectivity index (χ4n) is 3.16. The van der Waals surface area contributed by atoms with Gasteiger partial charge in [-0.25, -0.2) is 0 Å². The molecule has 0 aliphatic carbocycles. The second kappa shape index (κ2) is 4.86. The van der Waals surface area contributed by atoms with E-state index in [1.165, 1.54) is 43.6 Å². The van der Waals surface area contributed by atoms with Gasteiger partial charge in [-0.15, -0.1) is 11.3 Å². The van der Waals surface area contributed by atoms with Crippen molar-refractivity contribution in [2.45, 2.75) is 37.8 Å². The third-order valence-electron chi connectivity index (χ3n) is 3.96. The van der Waals surface area contributed by atoms with E-state index in [-0.39, 0.29) is 0 Å². The molecule has 1 aromatic heterocycles. The van der Waals surface area contributed by atoms with Crippen LogP contribution in [0.1, 0.15) is 24.1 Å². The van der Waals surface area contributed by atoms with Crippen LogP contribution in [0.4, 0.5) is 0 Å². The van der Waals surface area contributed by atoms with E-state index in [0.717, 1.165) is 18.6 Å².